The highest BCUT2D eigenvalue weighted by Gasteiger charge is 2.17. The molecule has 17 heavy (non-hydrogen) atoms. The fourth-order valence-corrected chi connectivity index (χ4v) is 1.81. The van der Waals surface area contributed by atoms with Crippen LogP contribution in [0.3, 0.4) is 0 Å². The topological polar surface area (TPSA) is 65.1 Å². The normalized spacial score (nSPS) is 13.1. The van der Waals surface area contributed by atoms with Crippen molar-refractivity contribution in [2.45, 2.75) is 39.2 Å². The van der Waals surface area contributed by atoms with Gasteiger partial charge in [-0.2, -0.15) is 5.10 Å². The fraction of sp³-hybridized carbons (Fsp3) is 0.750. The molecule has 0 spiro atoms. The van der Waals surface area contributed by atoms with Crippen LogP contribution in [0.4, 0.5) is 11.5 Å². The first kappa shape index (κ1) is 13.8. The summed E-state index contributed by atoms with van der Waals surface area (Å²) in [5, 5.41) is 7.84. The Kier molecular flexibility index (Phi) is 4.81. The van der Waals surface area contributed by atoms with Crippen LogP contribution in [0.5, 0.6) is 0 Å². The third-order valence-corrected chi connectivity index (χ3v) is 2.86. The molecule has 0 saturated carbocycles. The smallest absolute Gasteiger partial charge is 0.148 e. The molecule has 1 aromatic rings. The summed E-state index contributed by atoms with van der Waals surface area (Å²) in [4.78, 5) is 0. The van der Waals surface area contributed by atoms with Crippen molar-refractivity contribution in [3.8, 4) is 0 Å². The van der Waals surface area contributed by atoms with Crippen LogP contribution in [0, 0.1) is 0 Å². The summed E-state index contributed by atoms with van der Waals surface area (Å²) in [6, 6.07) is 0.262. The van der Waals surface area contributed by atoms with Gasteiger partial charge in [-0.1, -0.05) is 20.8 Å². The van der Waals surface area contributed by atoms with Crippen molar-refractivity contribution in [2.75, 3.05) is 24.8 Å². The Hall–Kier alpha value is -1.23. The van der Waals surface area contributed by atoms with Crippen LogP contribution in [0.15, 0.2) is 0 Å². The molecule has 1 aromatic heterocycles. The van der Waals surface area contributed by atoms with Crippen LogP contribution >= 0.6 is 0 Å². The molecule has 3 N–H and O–H groups in total. The number of hydrogen-bond donors (Lipinski definition) is 2. The Balaban J connectivity index is 2.90. The lowest BCUT2D eigenvalue weighted by Crippen LogP contribution is -2.25. The number of nitrogens with two attached hydrogens (primary N) is 1. The predicted octanol–water partition coefficient (Wildman–Crippen LogP) is 1.96. The van der Waals surface area contributed by atoms with E-state index in [2.05, 4.69) is 31.2 Å². The standard InChI is InChI=1S/C12H24N4O/c1-6-9(7-17-5)14-12-10(13)11(8(2)3)15-16(12)4/h8-9,14H,6-7,13H2,1-5H3. The van der Waals surface area contributed by atoms with E-state index in [0.29, 0.717) is 12.5 Å². The van der Waals surface area contributed by atoms with E-state index < -0.39 is 0 Å². The van der Waals surface area contributed by atoms with Gasteiger partial charge in [-0.05, 0) is 12.3 Å². The summed E-state index contributed by atoms with van der Waals surface area (Å²) < 4.78 is 6.98. The quantitative estimate of drug-likeness (QED) is 0.798. The van der Waals surface area contributed by atoms with Crippen molar-refractivity contribution in [1.82, 2.24) is 9.78 Å². The lowest BCUT2D eigenvalue weighted by molar-refractivity contribution is 0.184. The van der Waals surface area contributed by atoms with Gasteiger partial charge in [0.25, 0.3) is 0 Å². The van der Waals surface area contributed by atoms with Crippen molar-refractivity contribution in [1.29, 1.82) is 0 Å². The maximum atomic E-state index is 6.12. The second-order valence-electron chi connectivity index (χ2n) is 4.63. The van der Waals surface area contributed by atoms with E-state index in [1.807, 2.05) is 11.7 Å². The zero-order chi connectivity index (χ0) is 13.0. The maximum Gasteiger partial charge on any atom is 0.148 e. The number of hydrogen-bond acceptors (Lipinski definition) is 4. The van der Waals surface area contributed by atoms with Crippen LogP contribution in [0.1, 0.15) is 38.8 Å². The van der Waals surface area contributed by atoms with Crippen molar-refractivity contribution in [3.05, 3.63) is 5.69 Å². The molecule has 1 atom stereocenters. The predicted molar refractivity (Wildman–Crippen MR) is 71.3 cm³/mol. The van der Waals surface area contributed by atoms with Crippen molar-refractivity contribution < 1.29 is 4.74 Å². The minimum atomic E-state index is 0.262. The van der Waals surface area contributed by atoms with E-state index >= 15 is 0 Å². The van der Waals surface area contributed by atoms with E-state index in [1.165, 1.54) is 0 Å². The molecule has 0 aliphatic rings. The lowest BCUT2D eigenvalue weighted by Gasteiger charge is -2.17. The Morgan fingerprint density at radius 3 is 2.53 bits per heavy atom. The highest BCUT2D eigenvalue weighted by atomic mass is 16.5. The van der Waals surface area contributed by atoms with Gasteiger partial charge in [0.15, 0.2) is 0 Å². The zero-order valence-electron chi connectivity index (χ0n) is 11.4. The van der Waals surface area contributed by atoms with Crippen LogP contribution in [0.2, 0.25) is 0 Å². The Morgan fingerprint density at radius 1 is 1.47 bits per heavy atom. The van der Waals surface area contributed by atoms with Crippen LogP contribution in [0.25, 0.3) is 0 Å². The summed E-state index contributed by atoms with van der Waals surface area (Å²) in [5.74, 6) is 1.22. The molecule has 98 valence electrons. The first-order chi connectivity index (χ1) is 8.01. The minimum absolute atomic E-state index is 0.262. The number of nitrogen functional groups attached to an aromatic ring is 1. The zero-order valence-corrected chi connectivity index (χ0v) is 11.4. The first-order valence-corrected chi connectivity index (χ1v) is 6.09. The molecular formula is C12H24N4O. The number of aromatic nitrogens is 2. The molecule has 1 rings (SSSR count). The number of nitrogens with zero attached hydrogens (tertiary/aromatic N) is 2. The third kappa shape index (κ3) is 3.12. The molecule has 1 heterocycles. The fourth-order valence-electron chi connectivity index (χ4n) is 1.81. The van der Waals surface area contributed by atoms with Gasteiger partial charge in [0.05, 0.1) is 24.0 Å². The highest BCUT2D eigenvalue weighted by molar-refractivity contribution is 5.66. The van der Waals surface area contributed by atoms with Crippen LogP contribution in [-0.4, -0.2) is 29.5 Å². The summed E-state index contributed by atoms with van der Waals surface area (Å²) in [6.07, 6.45) is 0.982. The highest BCUT2D eigenvalue weighted by Crippen LogP contribution is 2.28. The van der Waals surface area contributed by atoms with E-state index in [0.717, 1.165) is 23.6 Å². The molecule has 0 fully saturated rings. The van der Waals surface area contributed by atoms with Crippen molar-refractivity contribution in [3.63, 3.8) is 0 Å². The number of methoxy groups -OCH3 is 1. The average Bonchev–Trinajstić information content (AvgIpc) is 2.56. The molecule has 5 nitrogen and oxygen atoms in total. The number of anilines is 2. The Labute approximate surface area is 103 Å². The summed E-state index contributed by atoms with van der Waals surface area (Å²) in [7, 11) is 3.61. The van der Waals surface area contributed by atoms with Gasteiger partial charge in [0.2, 0.25) is 0 Å². The Bertz CT molecular complexity index is 360. The molecule has 0 amide bonds. The second-order valence-corrected chi connectivity index (χ2v) is 4.63. The summed E-state index contributed by atoms with van der Waals surface area (Å²) >= 11 is 0. The molecule has 0 aliphatic heterocycles. The first-order valence-electron chi connectivity index (χ1n) is 6.09. The SMILES string of the molecule is CCC(COC)Nc1c(N)c(C(C)C)nn1C. The molecule has 5 heteroatoms. The van der Waals surface area contributed by atoms with Crippen molar-refractivity contribution >= 4 is 11.5 Å². The van der Waals surface area contributed by atoms with Gasteiger partial charge in [-0.3, -0.25) is 4.68 Å². The van der Waals surface area contributed by atoms with Crippen LogP contribution < -0.4 is 11.1 Å². The van der Waals surface area contributed by atoms with Gasteiger partial charge < -0.3 is 15.8 Å². The van der Waals surface area contributed by atoms with Gasteiger partial charge in [-0.25, -0.2) is 0 Å². The lowest BCUT2D eigenvalue weighted by atomic mass is 10.1. The van der Waals surface area contributed by atoms with Gasteiger partial charge >= 0.3 is 0 Å². The number of ether oxygens (including phenoxy) is 1. The number of aryl methyl sites for hydroxylation is 1. The minimum Gasteiger partial charge on any atom is -0.394 e. The Morgan fingerprint density at radius 2 is 2.12 bits per heavy atom. The largest absolute Gasteiger partial charge is 0.394 e. The van der Waals surface area contributed by atoms with Gasteiger partial charge in [-0.15, -0.1) is 0 Å². The molecule has 0 bridgehead atoms. The monoisotopic (exact) mass is 240 g/mol. The molecule has 0 radical (unpaired) electrons. The summed E-state index contributed by atoms with van der Waals surface area (Å²) in [5.41, 5.74) is 7.81. The number of nitrogens with one attached hydrogen (secondary N) is 1. The molecule has 1 unspecified atom stereocenters. The maximum absolute atomic E-state index is 6.12. The van der Waals surface area contributed by atoms with E-state index in [4.69, 9.17) is 10.5 Å². The average molecular weight is 240 g/mol. The van der Waals surface area contributed by atoms with E-state index in [9.17, 15) is 0 Å². The molecule has 0 aromatic carbocycles. The number of rotatable bonds is 6. The molecule has 0 aliphatic carbocycles. The second kappa shape index (κ2) is 5.91. The third-order valence-electron chi connectivity index (χ3n) is 2.86. The van der Waals surface area contributed by atoms with Crippen molar-refractivity contribution in [2.24, 2.45) is 7.05 Å². The van der Waals surface area contributed by atoms with Gasteiger partial charge in [0, 0.05) is 14.2 Å². The summed E-state index contributed by atoms with van der Waals surface area (Å²) in [6.45, 7) is 6.97. The molecular weight excluding hydrogens is 216 g/mol. The van der Waals surface area contributed by atoms with Gasteiger partial charge in [0.1, 0.15) is 5.82 Å². The van der Waals surface area contributed by atoms with E-state index in [-0.39, 0.29) is 6.04 Å². The van der Waals surface area contributed by atoms with Crippen LogP contribution in [-0.2, 0) is 11.8 Å². The van der Waals surface area contributed by atoms with E-state index in [1.54, 1.807) is 7.11 Å². The molecule has 0 saturated heterocycles.